The molecule has 0 radical (unpaired) electrons. The highest BCUT2D eigenvalue weighted by molar-refractivity contribution is 8.02. The first kappa shape index (κ1) is 22.3. The number of hydrogen-bond donors (Lipinski definition) is 2. The highest BCUT2D eigenvalue weighted by Crippen LogP contribution is 2.34. The smallest absolute Gasteiger partial charge is 0.237 e. The van der Waals surface area contributed by atoms with Crippen LogP contribution in [-0.2, 0) is 9.59 Å². The first-order valence-corrected chi connectivity index (χ1v) is 11.7. The summed E-state index contributed by atoms with van der Waals surface area (Å²) in [6, 6.07) is 9.86. The Labute approximate surface area is 185 Å². The van der Waals surface area contributed by atoms with Crippen LogP contribution in [0.5, 0.6) is 0 Å². The van der Waals surface area contributed by atoms with Gasteiger partial charge >= 0.3 is 0 Å². The van der Waals surface area contributed by atoms with Crippen LogP contribution in [0.1, 0.15) is 43.4 Å². The predicted molar refractivity (Wildman–Crippen MR) is 128 cm³/mol. The van der Waals surface area contributed by atoms with Gasteiger partial charge in [0.25, 0.3) is 0 Å². The number of carbonyl (C=O) groups is 2. The molecule has 0 spiro atoms. The van der Waals surface area contributed by atoms with E-state index in [2.05, 4.69) is 34.7 Å². The average molecular weight is 442 g/mol. The molecule has 7 heteroatoms. The molecule has 0 aliphatic heterocycles. The number of carbonyl (C=O) groups excluding carboxylic acids is 2. The summed E-state index contributed by atoms with van der Waals surface area (Å²) in [7, 11) is 0. The molecule has 1 atom stereocenters. The summed E-state index contributed by atoms with van der Waals surface area (Å²) in [6.07, 6.45) is 1.32. The normalized spacial score (nSPS) is 12.0. The van der Waals surface area contributed by atoms with E-state index in [4.69, 9.17) is 0 Å². The van der Waals surface area contributed by atoms with E-state index in [9.17, 15) is 9.59 Å². The number of aryl methyl sites for hydroxylation is 3. The van der Waals surface area contributed by atoms with Crippen molar-refractivity contribution in [1.82, 2.24) is 4.98 Å². The molecule has 3 aromatic rings. The maximum atomic E-state index is 12.8. The van der Waals surface area contributed by atoms with Crippen molar-refractivity contribution in [2.24, 2.45) is 0 Å². The molecule has 0 fully saturated rings. The number of nitrogens with one attached hydrogen (secondary N) is 2. The molecule has 0 saturated heterocycles. The van der Waals surface area contributed by atoms with Crippen LogP contribution in [0.15, 0.2) is 34.7 Å². The Morgan fingerprint density at radius 2 is 1.80 bits per heavy atom. The molecule has 3 rings (SSSR count). The first-order valence-electron chi connectivity index (χ1n) is 10.0. The van der Waals surface area contributed by atoms with Gasteiger partial charge in [-0.2, -0.15) is 0 Å². The average Bonchev–Trinajstić information content (AvgIpc) is 3.06. The second kappa shape index (κ2) is 9.62. The van der Waals surface area contributed by atoms with Crippen molar-refractivity contribution in [3.63, 3.8) is 0 Å². The Kier molecular flexibility index (Phi) is 7.15. The number of thioether (sulfide) groups is 1. The van der Waals surface area contributed by atoms with Crippen molar-refractivity contribution in [2.75, 3.05) is 10.6 Å². The van der Waals surface area contributed by atoms with Gasteiger partial charge < -0.3 is 10.6 Å². The quantitative estimate of drug-likeness (QED) is 0.436. The zero-order valence-corrected chi connectivity index (χ0v) is 19.6. The van der Waals surface area contributed by atoms with Gasteiger partial charge in [0.05, 0.1) is 15.5 Å². The minimum absolute atomic E-state index is 0.0166. The largest absolute Gasteiger partial charge is 0.326 e. The zero-order chi connectivity index (χ0) is 21.8. The minimum Gasteiger partial charge on any atom is -0.326 e. The molecule has 2 aromatic carbocycles. The van der Waals surface area contributed by atoms with E-state index < -0.39 is 0 Å². The highest BCUT2D eigenvalue weighted by Gasteiger charge is 2.19. The molecule has 0 saturated carbocycles. The number of anilines is 2. The summed E-state index contributed by atoms with van der Waals surface area (Å²) >= 11 is 2.98. The van der Waals surface area contributed by atoms with Crippen LogP contribution in [0.4, 0.5) is 11.4 Å². The van der Waals surface area contributed by atoms with Crippen LogP contribution in [0, 0.1) is 20.8 Å². The van der Waals surface area contributed by atoms with Gasteiger partial charge in [-0.1, -0.05) is 36.4 Å². The van der Waals surface area contributed by atoms with E-state index in [0.717, 1.165) is 43.5 Å². The standard InChI is InChI=1S/C23H27N3O2S2/c1-6-7-20(27)24-17-8-9-18-19(12-17)30-23(25-18)29-16(5)22(28)26-21-14(3)10-13(2)11-15(21)4/h8-12,16H,6-7H2,1-5H3,(H,24,27)(H,26,28)/t16-/m1/s1. The number of fused-ring (bicyclic) bond motifs is 1. The SMILES string of the molecule is CCCC(=O)Nc1ccc2nc(S[C@H](C)C(=O)Nc3c(C)cc(C)cc3C)sc2c1. The summed E-state index contributed by atoms with van der Waals surface area (Å²) < 4.78 is 1.83. The van der Waals surface area contributed by atoms with E-state index in [1.165, 1.54) is 28.7 Å². The lowest BCUT2D eigenvalue weighted by atomic mass is 10.1. The molecule has 0 unspecified atom stereocenters. The molecule has 2 N–H and O–H groups in total. The van der Waals surface area contributed by atoms with E-state index in [-0.39, 0.29) is 17.1 Å². The Hall–Kier alpha value is -2.38. The second-order valence-corrected chi connectivity index (χ2v) is 10.1. The van der Waals surface area contributed by atoms with Crippen LogP contribution >= 0.6 is 23.1 Å². The molecule has 0 aliphatic rings. The molecule has 30 heavy (non-hydrogen) atoms. The van der Waals surface area contributed by atoms with Gasteiger partial charge in [-0.3, -0.25) is 9.59 Å². The number of hydrogen-bond acceptors (Lipinski definition) is 5. The van der Waals surface area contributed by atoms with Crippen molar-refractivity contribution in [3.8, 4) is 0 Å². The lowest BCUT2D eigenvalue weighted by molar-refractivity contribution is -0.116. The van der Waals surface area contributed by atoms with Crippen molar-refractivity contribution >= 4 is 56.5 Å². The van der Waals surface area contributed by atoms with Crippen molar-refractivity contribution in [1.29, 1.82) is 0 Å². The van der Waals surface area contributed by atoms with E-state index in [1.807, 2.05) is 45.9 Å². The fourth-order valence-corrected chi connectivity index (χ4v) is 5.54. The van der Waals surface area contributed by atoms with Crippen LogP contribution < -0.4 is 10.6 Å². The Bertz CT molecular complexity index is 1070. The molecule has 158 valence electrons. The molecule has 0 bridgehead atoms. The summed E-state index contributed by atoms with van der Waals surface area (Å²) in [5.74, 6) is -0.0234. The van der Waals surface area contributed by atoms with Crippen molar-refractivity contribution < 1.29 is 9.59 Å². The Morgan fingerprint density at radius 3 is 2.47 bits per heavy atom. The third kappa shape index (κ3) is 5.40. The van der Waals surface area contributed by atoms with E-state index >= 15 is 0 Å². The number of aromatic nitrogens is 1. The molecule has 0 aliphatic carbocycles. The summed E-state index contributed by atoms with van der Waals surface area (Å²) in [5, 5.41) is 5.70. The van der Waals surface area contributed by atoms with Crippen LogP contribution in [-0.4, -0.2) is 22.0 Å². The maximum Gasteiger partial charge on any atom is 0.237 e. The molecule has 1 heterocycles. The van der Waals surface area contributed by atoms with E-state index in [1.54, 1.807) is 0 Å². The molecule has 1 aromatic heterocycles. The predicted octanol–water partition coefficient (Wildman–Crippen LogP) is 6.08. The summed E-state index contributed by atoms with van der Waals surface area (Å²) in [6.45, 7) is 9.95. The monoisotopic (exact) mass is 441 g/mol. The van der Waals surface area contributed by atoms with Gasteiger partial charge in [0, 0.05) is 17.8 Å². The summed E-state index contributed by atoms with van der Waals surface area (Å²) in [4.78, 5) is 29.2. The first-order chi connectivity index (χ1) is 14.3. The van der Waals surface area contributed by atoms with Crippen LogP contribution in [0.2, 0.25) is 0 Å². The van der Waals surface area contributed by atoms with Gasteiger partial charge in [-0.05, 0) is 63.4 Å². The van der Waals surface area contributed by atoms with Crippen LogP contribution in [0.3, 0.4) is 0 Å². The molecular formula is C23H27N3O2S2. The third-order valence-corrected chi connectivity index (χ3v) is 6.91. The number of benzene rings is 2. The lowest BCUT2D eigenvalue weighted by Gasteiger charge is -2.15. The Morgan fingerprint density at radius 1 is 1.10 bits per heavy atom. The van der Waals surface area contributed by atoms with Gasteiger partial charge in [0.15, 0.2) is 4.34 Å². The topological polar surface area (TPSA) is 71.1 Å². The number of thiazole rings is 1. The van der Waals surface area contributed by atoms with Crippen molar-refractivity contribution in [2.45, 2.75) is 57.0 Å². The van der Waals surface area contributed by atoms with Gasteiger partial charge in [0.2, 0.25) is 11.8 Å². The Balaban J connectivity index is 1.69. The van der Waals surface area contributed by atoms with Crippen LogP contribution in [0.25, 0.3) is 10.2 Å². The van der Waals surface area contributed by atoms with Crippen molar-refractivity contribution in [3.05, 3.63) is 47.0 Å². The fraction of sp³-hybridized carbons (Fsp3) is 0.348. The zero-order valence-electron chi connectivity index (χ0n) is 18.0. The molecule has 2 amide bonds. The highest BCUT2D eigenvalue weighted by atomic mass is 32.2. The summed E-state index contributed by atoms with van der Waals surface area (Å²) in [5.41, 5.74) is 5.84. The third-order valence-electron chi connectivity index (χ3n) is 4.70. The minimum atomic E-state index is -0.283. The lowest BCUT2D eigenvalue weighted by Crippen LogP contribution is -2.23. The second-order valence-electron chi connectivity index (χ2n) is 7.48. The number of rotatable bonds is 7. The van der Waals surface area contributed by atoms with Gasteiger partial charge in [-0.25, -0.2) is 4.98 Å². The molecular weight excluding hydrogens is 414 g/mol. The number of nitrogens with zero attached hydrogens (tertiary/aromatic N) is 1. The maximum absolute atomic E-state index is 12.8. The fourth-order valence-electron chi connectivity index (χ4n) is 3.29. The number of amides is 2. The van der Waals surface area contributed by atoms with Gasteiger partial charge in [-0.15, -0.1) is 11.3 Å². The molecule has 5 nitrogen and oxygen atoms in total. The van der Waals surface area contributed by atoms with Gasteiger partial charge in [0.1, 0.15) is 0 Å². The van der Waals surface area contributed by atoms with E-state index in [0.29, 0.717) is 6.42 Å².